The number of halogens is 4. The molecule has 1 aromatic carbocycles. The van der Waals surface area contributed by atoms with E-state index in [9.17, 15) is 30.8 Å². The van der Waals surface area contributed by atoms with Crippen LogP contribution in [0.15, 0.2) is 33.1 Å². The van der Waals surface area contributed by atoms with Crippen LogP contribution in [-0.4, -0.2) is 32.4 Å². The SMILES string of the molecule is NCCCCNC(=O)c1cc(S(N)(=O)=O)cnc1Sc1c(F)c(F)cc(F)c1F. The molecular weight excluding hydrogens is 436 g/mol. The highest BCUT2D eigenvalue weighted by atomic mass is 32.2. The molecule has 0 atom stereocenters. The zero-order chi connectivity index (χ0) is 21.8. The van der Waals surface area contributed by atoms with Crippen LogP contribution in [0.4, 0.5) is 17.6 Å². The Kier molecular flexibility index (Phi) is 7.57. The third kappa shape index (κ3) is 5.65. The third-order valence-corrected chi connectivity index (χ3v) is 5.55. The minimum absolute atomic E-state index is 0.0390. The second-order valence-electron chi connectivity index (χ2n) is 5.72. The first-order valence-corrected chi connectivity index (χ1v) is 10.4. The number of aromatic nitrogens is 1. The first-order valence-electron chi connectivity index (χ1n) is 8.08. The van der Waals surface area contributed by atoms with Crippen molar-refractivity contribution >= 4 is 27.7 Å². The molecule has 2 rings (SSSR count). The number of nitrogens with zero attached hydrogens (tertiary/aromatic N) is 1. The molecule has 29 heavy (non-hydrogen) atoms. The van der Waals surface area contributed by atoms with Crippen molar-refractivity contribution in [3.05, 3.63) is 47.2 Å². The summed E-state index contributed by atoms with van der Waals surface area (Å²) in [5.41, 5.74) is 4.96. The number of pyridine rings is 1. The van der Waals surface area contributed by atoms with Crippen LogP contribution >= 0.6 is 11.8 Å². The number of nitrogens with two attached hydrogens (primary N) is 2. The molecule has 13 heteroatoms. The van der Waals surface area contributed by atoms with E-state index < -0.39 is 54.6 Å². The Hall–Kier alpha value is -2.22. The first-order chi connectivity index (χ1) is 13.6. The molecule has 1 aromatic heterocycles. The number of carbonyl (C=O) groups excluding carboxylic acids is 1. The standard InChI is InChI=1S/C16H16F4N4O3S2/c17-10-6-11(18)13(20)14(12(10)19)28-16-9(15(25)23-4-2-1-3-21)5-8(7-24-16)29(22,26)27/h5-7H,1-4,21H2,(H,23,25)(H2,22,26,27). The van der Waals surface area contributed by atoms with Crippen molar-refractivity contribution in [3.8, 4) is 0 Å². The van der Waals surface area contributed by atoms with Gasteiger partial charge in [0, 0.05) is 18.8 Å². The molecule has 1 heterocycles. The van der Waals surface area contributed by atoms with Crippen molar-refractivity contribution in [2.75, 3.05) is 13.1 Å². The van der Waals surface area contributed by atoms with Gasteiger partial charge in [0.25, 0.3) is 5.91 Å². The fraction of sp³-hybridized carbons (Fsp3) is 0.250. The van der Waals surface area contributed by atoms with Crippen molar-refractivity contribution in [2.45, 2.75) is 27.7 Å². The van der Waals surface area contributed by atoms with E-state index in [0.717, 1.165) is 12.3 Å². The van der Waals surface area contributed by atoms with Crippen LogP contribution in [0.1, 0.15) is 23.2 Å². The maximum absolute atomic E-state index is 14.0. The molecule has 2 aromatic rings. The number of amides is 1. The molecule has 0 saturated carbocycles. The number of benzene rings is 1. The summed E-state index contributed by atoms with van der Waals surface area (Å²) in [6.07, 6.45) is 1.88. The lowest BCUT2D eigenvalue weighted by Gasteiger charge is -2.12. The number of carbonyl (C=O) groups is 1. The summed E-state index contributed by atoms with van der Waals surface area (Å²) in [7, 11) is -4.24. The quantitative estimate of drug-likeness (QED) is 0.319. The number of primary sulfonamides is 1. The Balaban J connectivity index is 2.48. The summed E-state index contributed by atoms with van der Waals surface area (Å²) < 4.78 is 77.9. The predicted octanol–water partition coefficient (Wildman–Crippen LogP) is 1.91. The molecule has 0 aliphatic rings. The minimum Gasteiger partial charge on any atom is -0.352 e. The highest BCUT2D eigenvalue weighted by Crippen LogP contribution is 2.35. The molecule has 1 amide bonds. The van der Waals surface area contributed by atoms with Crippen molar-refractivity contribution in [1.29, 1.82) is 0 Å². The van der Waals surface area contributed by atoms with Crippen molar-refractivity contribution in [1.82, 2.24) is 10.3 Å². The molecule has 7 nitrogen and oxygen atoms in total. The number of nitrogens with one attached hydrogen (secondary N) is 1. The molecular formula is C16H16F4N4O3S2. The Morgan fingerprint density at radius 2 is 1.72 bits per heavy atom. The lowest BCUT2D eigenvalue weighted by Crippen LogP contribution is -2.26. The summed E-state index contributed by atoms with van der Waals surface area (Å²) in [6.45, 7) is 0.570. The Labute approximate surface area is 167 Å². The van der Waals surface area contributed by atoms with E-state index in [1.165, 1.54) is 0 Å². The molecule has 0 saturated heterocycles. The second kappa shape index (κ2) is 9.52. The van der Waals surface area contributed by atoms with Gasteiger partial charge < -0.3 is 11.1 Å². The van der Waals surface area contributed by atoms with E-state index in [0.29, 0.717) is 19.4 Å². The monoisotopic (exact) mass is 452 g/mol. The number of rotatable bonds is 8. The van der Waals surface area contributed by atoms with Crippen LogP contribution < -0.4 is 16.2 Å². The fourth-order valence-corrected chi connectivity index (χ4v) is 3.55. The Morgan fingerprint density at radius 3 is 2.28 bits per heavy atom. The van der Waals surface area contributed by atoms with E-state index in [4.69, 9.17) is 10.9 Å². The van der Waals surface area contributed by atoms with Gasteiger partial charge >= 0.3 is 0 Å². The molecule has 5 N–H and O–H groups in total. The zero-order valence-corrected chi connectivity index (χ0v) is 16.3. The number of hydrogen-bond acceptors (Lipinski definition) is 6. The molecule has 0 unspecified atom stereocenters. The fourth-order valence-electron chi connectivity index (χ4n) is 2.14. The van der Waals surface area contributed by atoms with Crippen LogP contribution in [0.5, 0.6) is 0 Å². The van der Waals surface area contributed by atoms with Crippen molar-refractivity contribution < 1.29 is 30.8 Å². The molecule has 0 radical (unpaired) electrons. The van der Waals surface area contributed by atoms with Gasteiger partial charge in [0.1, 0.15) is 9.92 Å². The van der Waals surface area contributed by atoms with Crippen LogP contribution in [0.25, 0.3) is 0 Å². The number of unbranched alkanes of at least 4 members (excludes halogenated alkanes) is 1. The molecule has 0 bridgehead atoms. The smallest absolute Gasteiger partial charge is 0.254 e. The third-order valence-electron chi connectivity index (χ3n) is 3.59. The van der Waals surface area contributed by atoms with Gasteiger partial charge in [0.2, 0.25) is 10.0 Å². The van der Waals surface area contributed by atoms with E-state index in [2.05, 4.69) is 10.3 Å². The molecule has 0 aliphatic carbocycles. The van der Waals surface area contributed by atoms with Gasteiger partial charge in [-0.15, -0.1) is 0 Å². The summed E-state index contributed by atoms with van der Waals surface area (Å²) in [4.78, 5) is 14.5. The normalized spacial score (nSPS) is 11.5. The molecule has 0 spiro atoms. The lowest BCUT2D eigenvalue weighted by molar-refractivity contribution is 0.0949. The van der Waals surface area contributed by atoms with Crippen LogP contribution in [0.3, 0.4) is 0 Å². The lowest BCUT2D eigenvalue weighted by atomic mass is 10.2. The van der Waals surface area contributed by atoms with Gasteiger partial charge in [0.15, 0.2) is 23.3 Å². The van der Waals surface area contributed by atoms with Gasteiger partial charge in [0.05, 0.1) is 10.5 Å². The van der Waals surface area contributed by atoms with Gasteiger partial charge in [-0.2, -0.15) is 0 Å². The maximum Gasteiger partial charge on any atom is 0.254 e. The first kappa shape index (κ1) is 23.1. The molecule has 158 valence electrons. The number of hydrogen-bond donors (Lipinski definition) is 3. The van der Waals surface area contributed by atoms with Crippen LogP contribution in [0.2, 0.25) is 0 Å². The van der Waals surface area contributed by atoms with Gasteiger partial charge in [-0.25, -0.2) is 36.1 Å². The summed E-state index contributed by atoms with van der Waals surface area (Å²) in [5.74, 6) is -7.46. The number of sulfonamides is 1. The van der Waals surface area contributed by atoms with Gasteiger partial charge in [-0.05, 0) is 25.5 Å². The van der Waals surface area contributed by atoms with Gasteiger partial charge in [-0.3, -0.25) is 4.79 Å². The largest absolute Gasteiger partial charge is 0.352 e. The summed E-state index contributed by atoms with van der Waals surface area (Å²) >= 11 is 0.130. The second-order valence-corrected chi connectivity index (χ2v) is 8.28. The van der Waals surface area contributed by atoms with E-state index >= 15 is 0 Å². The highest BCUT2D eigenvalue weighted by molar-refractivity contribution is 7.99. The van der Waals surface area contributed by atoms with E-state index in [1.54, 1.807) is 0 Å². The summed E-state index contributed by atoms with van der Waals surface area (Å²) in [6, 6.07) is 0.895. The minimum atomic E-state index is -4.24. The van der Waals surface area contributed by atoms with Crippen molar-refractivity contribution in [3.63, 3.8) is 0 Å². The molecule has 0 aliphatic heterocycles. The van der Waals surface area contributed by atoms with Crippen molar-refractivity contribution in [2.24, 2.45) is 10.9 Å². The Morgan fingerprint density at radius 1 is 1.10 bits per heavy atom. The Bertz CT molecular complexity index is 1010. The average molecular weight is 452 g/mol. The zero-order valence-electron chi connectivity index (χ0n) is 14.7. The van der Waals surface area contributed by atoms with Crippen LogP contribution in [0, 0.1) is 23.3 Å². The average Bonchev–Trinajstić information content (AvgIpc) is 2.66. The van der Waals surface area contributed by atoms with Crippen LogP contribution in [-0.2, 0) is 10.0 Å². The maximum atomic E-state index is 14.0. The van der Waals surface area contributed by atoms with E-state index in [1.807, 2.05) is 0 Å². The predicted molar refractivity (Wildman–Crippen MR) is 96.6 cm³/mol. The van der Waals surface area contributed by atoms with E-state index in [-0.39, 0.29) is 29.4 Å². The summed E-state index contributed by atoms with van der Waals surface area (Å²) in [5, 5.41) is 7.11. The van der Waals surface area contributed by atoms with Gasteiger partial charge in [-0.1, -0.05) is 11.8 Å². The topological polar surface area (TPSA) is 128 Å². The molecule has 0 fully saturated rings. The highest BCUT2D eigenvalue weighted by Gasteiger charge is 2.24.